The zero-order valence-corrected chi connectivity index (χ0v) is 15.6. The normalized spacial score (nSPS) is 17.1. The molecule has 1 atom stereocenters. The highest BCUT2D eigenvalue weighted by Crippen LogP contribution is 2.26. The number of carbonyl (C=O) groups is 1. The molecule has 0 radical (unpaired) electrons. The summed E-state index contributed by atoms with van der Waals surface area (Å²) in [6.07, 6.45) is 0.117. The minimum Gasteiger partial charge on any atom is -0.491 e. The first kappa shape index (κ1) is 17.5. The number of fused-ring (bicyclic) bond motifs is 1. The van der Waals surface area contributed by atoms with E-state index < -0.39 is 0 Å². The van der Waals surface area contributed by atoms with Crippen molar-refractivity contribution in [3.8, 4) is 5.75 Å². The molecule has 0 bridgehead atoms. The largest absolute Gasteiger partial charge is 0.491 e. The second-order valence-electron chi connectivity index (χ2n) is 7.22. The van der Waals surface area contributed by atoms with E-state index in [0.717, 1.165) is 17.4 Å². The van der Waals surface area contributed by atoms with Crippen LogP contribution < -0.4 is 4.74 Å². The average Bonchev–Trinajstić information content (AvgIpc) is 2.99. The van der Waals surface area contributed by atoms with Crippen molar-refractivity contribution in [2.45, 2.75) is 59.2 Å². The number of nitrogens with zero attached hydrogens (tertiary/aromatic N) is 4. The Labute approximate surface area is 148 Å². The van der Waals surface area contributed by atoms with Gasteiger partial charge in [-0.25, -0.2) is 0 Å². The first-order valence-corrected chi connectivity index (χ1v) is 8.86. The molecule has 0 saturated heterocycles. The zero-order valence-electron chi connectivity index (χ0n) is 15.6. The quantitative estimate of drug-likeness (QED) is 0.854. The van der Waals surface area contributed by atoms with Crippen LogP contribution in [-0.2, 0) is 6.54 Å². The van der Waals surface area contributed by atoms with Gasteiger partial charge in [0.2, 0.25) is 0 Å². The second-order valence-corrected chi connectivity index (χ2v) is 7.22. The molecule has 6 heteroatoms. The highest BCUT2D eigenvalue weighted by molar-refractivity contribution is 5.94. The fraction of sp³-hybridized carbons (Fsp3) is 0.526. The molecule has 0 saturated carbocycles. The van der Waals surface area contributed by atoms with Gasteiger partial charge in [0.25, 0.3) is 5.91 Å². The summed E-state index contributed by atoms with van der Waals surface area (Å²) in [7, 11) is 0. The van der Waals surface area contributed by atoms with Crippen molar-refractivity contribution < 1.29 is 9.53 Å². The van der Waals surface area contributed by atoms with Crippen molar-refractivity contribution in [1.29, 1.82) is 0 Å². The average molecular weight is 342 g/mol. The number of rotatable bonds is 4. The van der Waals surface area contributed by atoms with Gasteiger partial charge in [0.15, 0.2) is 5.82 Å². The topological polar surface area (TPSA) is 60.2 Å². The molecular weight excluding hydrogens is 316 g/mol. The maximum atomic E-state index is 12.9. The van der Waals surface area contributed by atoms with Gasteiger partial charge in [-0.15, -0.1) is 10.2 Å². The Morgan fingerprint density at radius 2 is 1.84 bits per heavy atom. The summed E-state index contributed by atoms with van der Waals surface area (Å²) in [5.74, 6) is 2.96. The Morgan fingerprint density at radius 1 is 1.16 bits per heavy atom. The molecule has 0 spiro atoms. The van der Waals surface area contributed by atoms with Gasteiger partial charge < -0.3 is 14.2 Å². The summed E-state index contributed by atoms with van der Waals surface area (Å²) in [6, 6.07) is 7.51. The Kier molecular flexibility index (Phi) is 4.79. The van der Waals surface area contributed by atoms with Gasteiger partial charge in [0, 0.05) is 18.0 Å². The molecule has 134 valence electrons. The van der Waals surface area contributed by atoms with Gasteiger partial charge in [0.1, 0.15) is 11.6 Å². The van der Waals surface area contributed by atoms with Gasteiger partial charge in [-0.2, -0.15) is 0 Å². The number of amides is 1. The van der Waals surface area contributed by atoms with E-state index in [1.807, 2.05) is 43.0 Å². The minimum atomic E-state index is 0.0169. The van der Waals surface area contributed by atoms with Crippen LogP contribution in [0.2, 0.25) is 0 Å². The Hall–Kier alpha value is -2.37. The molecule has 1 aliphatic heterocycles. The van der Waals surface area contributed by atoms with Crippen molar-refractivity contribution in [3.05, 3.63) is 41.5 Å². The van der Waals surface area contributed by atoms with Crippen LogP contribution >= 0.6 is 0 Å². The lowest BCUT2D eigenvalue weighted by molar-refractivity contribution is 0.0679. The Balaban J connectivity index is 1.77. The molecule has 0 aliphatic carbocycles. The Morgan fingerprint density at radius 3 is 2.44 bits per heavy atom. The summed E-state index contributed by atoms with van der Waals surface area (Å²) in [5.41, 5.74) is 0.667. The molecule has 1 aliphatic rings. The van der Waals surface area contributed by atoms with Crippen molar-refractivity contribution >= 4 is 5.91 Å². The van der Waals surface area contributed by atoms with Crippen LogP contribution in [0.4, 0.5) is 0 Å². The van der Waals surface area contributed by atoms with Gasteiger partial charge >= 0.3 is 0 Å². The van der Waals surface area contributed by atoms with Crippen LogP contribution in [0.25, 0.3) is 0 Å². The van der Waals surface area contributed by atoms with E-state index in [1.165, 1.54) is 0 Å². The standard InChI is InChI=1S/C19H26N4O2/c1-12(2)18-21-20-17-11-22(10-14(5)23(17)18)19(24)15-6-8-16(9-7-15)25-13(3)4/h6-9,12-14H,10-11H2,1-5H3/t14-/m0/s1. The second kappa shape index (κ2) is 6.86. The third-order valence-corrected chi connectivity index (χ3v) is 4.33. The summed E-state index contributed by atoms with van der Waals surface area (Å²) in [5, 5.41) is 8.61. The van der Waals surface area contributed by atoms with Crippen LogP contribution in [0.3, 0.4) is 0 Å². The molecule has 2 aromatic rings. The van der Waals surface area contributed by atoms with E-state index in [9.17, 15) is 4.79 Å². The number of hydrogen-bond acceptors (Lipinski definition) is 4. The summed E-state index contributed by atoms with van der Waals surface area (Å²) >= 11 is 0. The maximum absolute atomic E-state index is 12.9. The van der Waals surface area contributed by atoms with E-state index in [1.54, 1.807) is 0 Å². The maximum Gasteiger partial charge on any atom is 0.254 e. The molecule has 0 N–H and O–H groups in total. The van der Waals surface area contributed by atoms with E-state index in [4.69, 9.17) is 4.74 Å². The molecule has 0 unspecified atom stereocenters. The molecule has 3 rings (SSSR count). The number of carbonyl (C=O) groups excluding carboxylic acids is 1. The number of ether oxygens (including phenoxy) is 1. The van der Waals surface area contributed by atoms with E-state index in [2.05, 4.69) is 35.5 Å². The number of benzene rings is 1. The molecule has 25 heavy (non-hydrogen) atoms. The van der Waals surface area contributed by atoms with Gasteiger partial charge in [-0.3, -0.25) is 4.79 Å². The predicted octanol–water partition coefficient (Wildman–Crippen LogP) is 3.41. The molecule has 6 nitrogen and oxygen atoms in total. The third-order valence-electron chi connectivity index (χ3n) is 4.33. The van der Waals surface area contributed by atoms with Crippen LogP contribution in [0.15, 0.2) is 24.3 Å². The smallest absolute Gasteiger partial charge is 0.254 e. The number of hydrogen-bond donors (Lipinski definition) is 0. The van der Waals surface area contributed by atoms with E-state index >= 15 is 0 Å². The van der Waals surface area contributed by atoms with Crippen molar-refractivity contribution in [2.75, 3.05) is 6.54 Å². The van der Waals surface area contributed by atoms with Crippen molar-refractivity contribution in [1.82, 2.24) is 19.7 Å². The zero-order chi connectivity index (χ0) is 18.1. The van der Waals surface area contributed by atoms with Crippen LogP contribution in [-0.4, -0.2) is 38.2 Å². The van der Waals surface area contributed by atoms with Gasteiger partial charge in [-0.05, 0) is 45.0 Å². The van der Waals surface area contributed by atoms with E-state index in [0.29, 0.717) is 24.6 Å². The van der Waals surface area contributed by atoms with Crippen LogP contribution in [0, 0.1) is 0 Å². The fourth-order valence-corrected chi connectivity index (χ4v) is 3.24. The summed E-state index contributed by atoms with van der Waals surface area (Å²) in [6.45, 7) is 11.5. The molecule has 0 fully saturated rings. The van der Waals surface area contributed by atoms with Crippen LogP contribution in [0.5, 0.6) is 5.75 Å². The molecular formula is C19H26N4O2. The Bertz CT molecular complexity index is 749. The number of aromatic nitrogens is 3. The highest BCUT2D eigenvalue weighted by Gasteiger charge is 2.30. The first-order chi connectivity index (χ1) is 11.9. The lowest BCUT2D eigenvalue weighted by Gasteiger charge is -2.33. The van der Waals surface area contributed by atoms with Gasteiger partial charge in [-0.1, -0.05) is 13.8 Å². The highest BCUT2D eigenvalue weighted by atomic mass is 16.5. The SMILES string of the molecule is CC(C)Oc1ccc(C(=O)N2Cc3nnc(C(C)C)n3[C@@H](C)C2)cc1. The predicted molar refractivity (Wildman–Crippen MR) is 95.8 cm³/mol. The molecule has 2 heterocycles. The van der Waals surface area contributed by atoms with Gasteiger partial charge in [0.05, 0.1) is 18.7 Å². The molecule has 1 aromatic carbocycles. The third kappa shape index (κ3) is 3.52. The minimum absolute atomic E-state index is 0.0169. The fourth-order valence-electron chi connectivity index (χ4n) is 3.24. The lowest BCUT2D eigenvalue weighted by atomic mass is 10.1. The summed E-state index contributed by atoms with van der Waals surface area (Å²) < 4.78 is 7.81. The van der Waals surface area contributed by atoms with Crippen molar-refractivity contribution in [2.24, 2.45) is 0 Å². The summed E-state index contributed by atoms with van der Waals surface area (Å²) in [4.78, 5) is 14.7. The van der Waals surface area contributed by atoms with Crippen LogP contribution in [0.1, 0.15) is 68.6 Å². The first-order valence-electron chi connectivity index (χ1n) is 8.86. The lowest BCUT2D eigenvalue weighted by Crippen LogP contribution is -2.40. The van der Waals surface area contributed by atoms with E-state index in [-0.39, 0.29) is 18.1 Å². The van der Waals surface area contributed by atoms with Crippen molar-refractivity contribution in [3.63, 3.8) is 0 Å². The molecule has 1 amide bonds. The molecule has 1 aromatic heterocycles. The monoisotopic (exact) mass is 342 g/mol.